The Morgan fingerprint density at radius 3 is 2.44 bits per heavy atom. The van der Waals surface area contributed by atoms with Gasteiger partial charge in [-0.1, -0.05) is 44.9 Å². The summed E-state index contributed by atoms with van der Waals surface area (Å²) in [6, 6.07) is 6.68. The molecule has 1 aromatic rings. The summed E-state index contributed by atoms with van der Waals surface area (Å²) in [5.74, 6) is 0. The molecule has 1 atom stereocenters. The third kappa shape index (κ3) is 3.19. The predicted molar refractivity (Wildman–Crippen MR) is 73.9 cm³/mol. The molecule has 0 aromatic heterocycles. The Morgan fingerprint density at radius 2 is 1.88 bits per heavy atom. The van der Waals surface area contributed by atoms with Crippen LogP contribution in [-0.4, -0.2) is 10.5 Å². The van der Waals surface area contributed by atoms with Crippen molar-refractivity contribution in [3.63, 3.8) is 0 Å². The van der Waals surface area contributed by atoms with Crippen LogP contribution in [0.3, 0.4) is 0 Å². The Hall–Kier alpha value is -0.603. The molecule has 0 N–H and O–H groups in total. The van der Waals surface area contributed by atoms with Gasteiger partial charge in [0.2, 0.25) is 0 Å². The highest BCUT2D eigenvalue weighted by atomic mass is 28.2. The largest absolute Gasteiger partial charge is 0.421 e. The molecule has 0 bridgehead atoms. The van der Waals surface area contributed by atoms with Crippen LogP contribution in [0.2, 0.25) is 0 Å². The highest BCUT2D eigenvalue weighted by molar-refractivity contribution is 5.98. The maximum atomic E-state index is 5.60. The number of hydrogen-bond donors (Lipinski definition) is 0. The standard InChI is InChI=1S/C14H24OSi/c1-4-7-12-9-6-10-13(11(3)15-16)14(12)8-5-2/h6,9-11H,4-5,7-8H2,1-3,16H3. The molecule has 90 valence electrons. The van der Waals surface area contributed by atoms with Crippen molar-refractivity contribution in [1.29, 1.82) is 0 Å². The van der Waals surface area contributed by atoms with Crippen molar-refractivity contribution in [3.8, 4) is 0 Å². The fraction of sp³-hybridized carbons (Fsp3) is 0.571. The summed E-state index contributed by atoms with van der Waals surface area (Å²) in [5, 5.41) is 0. The summed E-state index contributed by atoms with van der Waals surface area (Å²) in [6.07, 6.45) is 5.07. The maximum Gasteiger partial charge on any atom is 0.146 e. The molecule has 16 heavy (non-hydrogen) atoms. The molecular weight excluding hydrogens is 212 g/mol. The summed E-state index contributed by atoms with van der Waals surface area (Å²) in [5.41, 5.74) is 4.46. The van der Waals surface area contributed by atoms with E-state index in [4.69, 9.17) is 4.43 Å². The number of aryl methyl sites for hydroxylation is 1. The topological polar surface area (TPSA) is 9.23 Å². The van der Waals surface area contributed by atoms with Crippen molar-refractivity contribution in [1.82, 2.24) is 0 Å². The molecule has 0 fully saturated rings. The van der Waals surface area contributed by atoms with E-state index in [0.29, 0.717) is 0 Å². The monoisotopic (exact) mass is 236 g/mol. The third-order valence-electron chi connectivity index (χ3n) is 3.12. The van der Waals surface area contributed by atoms with Gasteiger partial charge in [0, 0.05) is 0 Å². The van der Waals surface area contributed by atoms with Gasteiger partial charge in [-0.05, 0) is 36.5 Å². The van der Waals surface area contributed by atoms with Gasteiger partial charge < -0.3 is 4.43 Å². The van der Waals surface area contributed by atoms with Gasteiger partial charge in [-0.15, -0.1) is 0 Å². The van der Waals surface area contributed by atoms with E-state index in [2.05, 4.69) is 39.0 Å². The van der Waals surface area contributed by atoms with Gasteiger partial charge in [0.1, 0.15) is 10.5 Å². The second kappa shape index (κ2) is 6.87. The molecule has 0 aliphatic heterocycles. The molecule has 0 aliphatic carbocycles. The van der Waals surface area contributed by atoms with Crippen molar-refractivity contribution in [2.75, 3.05) is 0 Å². The van der Waals surface area contributed by atoms with Crippen LogP contribution in [0.15, 0.2) is 18.2 Å². The number of benzene rings is 1. The normalized spacial score (nSPS) is 12.9. The molecule has 2 heteroatoms. The van der Waals surface area contributed by atoms with Crippen LogP contribution in [0, 0.1) is 0 Å². The Labute approximate surface area is 103 Å². The van der Waals surface area contributed by atoms with Crippen LogP contribution in [-0.2, 0) is 17.3 Å². The van der Waals surface area contributed by atoms with Crippen LogP contribution in [0.5, 0.6) is 0 Å². The zero-order chi connectivity index (χ0) is 12.0. The van der Waals surface area contributed by atoms with Crippen LogP contribution < -0.4 is 0 Å². The molecular formula is C14H24OSi. The first kappa shape index (κ1) is 13.5. The van der Waals surface area contributed by atoms with E-state index >= 15 is 0 Å². The summed E-state index contributed by atoms with van der Waals surface area (Å²) in [4.78, 5) is 0. The van der Waals surface area contributed by atoms with Gasteiger partial charge in [-0.2, -0.15) is 0 Å². The van der Waals surface area contributed by atoms with Gasteiger partial charge in [-0.3, -0.25) is 0 Å². The Kier molecular flexibility index (Phi) is 5.78. The molecule has 0 aliphatic rings. The average molecular weight is 236 g/mol. The van der Waals surface area contributed by atoms with Gasteiger partial charge in [-0.25, -0.2) is 0 Å². The van der Waals surface area contributed by atoms with E-state index in [1.54, 1.807) is 0 Å². The fourth-order valence-electron chi connectivity index (χ4n) is 2.22. The third-order valence-corrected chi connectivity index (χ3v) is 3.83. The summed E-state index contributed by atoms with van der Waals surface area (Å²) in [6.45, 7) is 6.66. The molecule has 1 rings (SSSR count). The van der Waals surface area contributed by atoms with E-state index in [1.165, 1.54) is 42.4 Å². The van der Waals surface area contributed by atoms with Gasteiger partial charge in [0.25, 0.3) is 0 Å². The lowest BCUT2D eigenvalue weighted by Gasteiger charge is -2.18. The minimum atomic E-state index is 0.269. The Balaban J connectivity index is 3.09. The minimum absolute atomic E-state index is 0.269. The summed E-state index contributed by atoms with van der Waals surface area (Å²) in [7, 11) is 0.810. The Bertz CT molecular complexity index is 323. The van der Waals surface area contributed by atoms with Crippen molar-refractivity contribution >= 4 is 10.5 Å². The first-order valence-corrected chi connectivity index (χ1v) is 7.19. The van der Waals surface area contributed by atoms with E-state index in [-0.39, 0.29) is 6.10 Å². The molecule has 1 nitrogen and oxygen atoms in total. The molecule has 0 spiro atoms. The lowest BCUT2D eigenvalue weighted by molar-refractivity contribution is 0.249. The lowest BCUT2D eigenvalue weighted by atomic mass is 9.92. The first-order valence-electron chi connectivity index (χ1n) is 6.38. The predicted octanol–water partition coefficient (Wildman–Crippen LogP) is 2.95. The number of rotatable bonds is 6. The average Bonchev–Trinajstić information content (AvgIpc) is 2.31. The zero-order valence-corrected chi connectivity index (χ0v) is 13.0. The van der Waals surface area contributed by atoms with Gasteiger partial charge in [0.05, 0.1) is 6.10 Å². The van der Waals surface area contributed by atoms with E-state index in [1.807, 2.05) is 0 Å². The second-order valence-electron chi connectivity index (χ2n) is 4.36. The van der Waals surface area contributed by atoms with Crippen molar-refractivity contribution in [2.45, 2.75) is 52.6 Å². The van der Waals surface area contributed by atoms with E-state index in [0.717, 1.165) is 10.5 Å². The molecule has 0 radical (unpaired) electrons. The van der Waals surface area contributed by atoms with Crippen LogP contribution >= 0.6 is 0 Å². The molecule has 0 saturated heterocycles. The van der Waals surface area contributed by atoms with E-state index < -0.39 is 0 Å². The quantitative estimate of drug-likeness (QED) is 0.690. The van der Waals surface area contributed by atoms with Crippen molar-refractivity contribution < 1.29 is 4.43 Å². The first-order chi connectivity index (χ1) is 7.74. The zero-order valence-electron chi connectivity index (χ0n) is 11.0. The molecule has 0 amide bonds. The number of hydrogen-bond acceptors (Lipinski definition) is 1. The second-order valence-corrected chi connectivity index (χ2v) is 4.83. The van der Waals surface area contributed by atoms with Crippen molar-refractivity contribution in [2.24, 2.45) is 0 Å². The minimum Gasteiger partial charge on any atom is -0.421 e. The van der Waals surface area contributed by atoms with E-state index in [9.17, 15) is 0 Å². The molecule has 1 aromatic carbocycles. The molecule has 0 saturated carbocycles. The highest BCUT2D eigenvalue weighted by Crippen LogP contribution is 2.25. The highest BCUT2D eigenvalue weighted by Gasteiger charge is 2.11. The van der Waals surface area contributed by atoms with Gasteiger partial charge >= 0.3 is 0 Å². The van der Waals surface area contributed by atoms with Crippen molar-refractivity contribution in [3.05, 3.63) is 34.9 Å². The summed E-state index contributed by atoms with van der Waals surface area (Å²) < 4.78 is 5.60. The lowest BCUT2D eigenvalue weighted by Crippen LogP contribution is -2.05. The maximum absolute atomic E-state index is 5.60. The SMILES string of the molecule is CCCc1cccc(C(C)O[SiH3])c1CCC. The van der Waals surface area contributed by atoms with Crippen LogP contribution in [0.25, 0.3) is 0 Å². The van der Waals surface area contributed by atoms with Gasteiger partial charge in [0.15, 0.2) is 0 Å². The Morgan fingerprint density at radius 1 is 1.19 bits per heavy atom. The molecule has 0 heterocycles. The smallest absolute Gasteiger partial charge is 0.146 e. The van der Waals surface area contributed by atoms with Crippen LogP contribution in [0.4, 0.5) is 0 Å². The van der Waals surface area contributed by atoms with Crippen LogP contribution in [0.1, 0.15) is 56.4 Å². The summed E-state index contributed by atoms with van der Waals surface area (Å²) >= 11 is 0. The molecule has 1 unspecified atom stereocenters. The fourth-order valence-corrected chi connectivity index (χ4v) is 2.47.